The second-order valence-corrected chi connectivity index (χ2v) is 5.62. The number of aliphatic hydroxyl groups is 1. The van der Waals surface area contributed by atoms with Crippen LogP contribution >= 0.6 is 0 Å². The van der Waals surface area contributed by atoms with Crippen molar-refractivity contribution in [3.05, 3.63) is 29.8 Å². The number of anilines is 1. The molecule has 0 bridgehead atoms. The van der Waals surface area contributed by atoms with Crippen LogP contribution in [0.1, 0.15) is 38.7 Å². The first-order valence-corrected chi connectivity index (χ1v) is 7.82. The SMILES string of the molecule is CCC(CC)(CCO)CNC(=O)Nc1cccc(COC)c1. The van der Waals surface area contributed by atoms with Crippen molar-refractivity contribution in [1.82, 2.24) is 5.32 Å². The maximum Gasteiger partial charge on any atom is 0.319 e. The van der Waals surface area contributed by atoms with E-state index in [0.717, 1.165) is 24.1 Å². The number of urea groups is 1. The quantitative estimate of drug-likeness (QED) is 0.656. The fourth-order valence-corrected chi connectivity index (χ4v) is 2.53. The summed E-state index contributed by atoms with van der Waals surface area (Å²) in [6.07, 6.45) is 2.55. The largest absolute Gasteiger partial charge is 0.396 e. The summed E-state index contributed by atoms with van der Waals surface area (Å²) >= 11 is 0. The monoisotopic (exact) mass is 308 g/mol. The molecule has 0 saturated carbocycles. The number of hydrogen-bond acceptors (Lipinski definition) is 3. The Labute approximate surface area is 133 Å². The summed E-state index contributed by atoms with van der Waals surface area (Å²) in [5.74, 6) is 0. The molecule has 124 valence electrons. The Morgan fingerprint density at radius 1 is 1.32 bits per heavy atom. The summed E-state index contributed by atoms with van der Waals surface area (Å²) < 4.78 is 5.08. The van der Waals surface area contributed by atoms with Crippen molar-refractivity contribution in [3.8, 4) is 0 Å². The molecule has 0 aliphatic carbocycles. The van der Waals surface area contributed by atoms with Crippen LogP contribution in [0.4, 0.5) is 10.5 Å². The molecule has 22 heavy (non-hydrogen) atoms. The number of benzene rings is 1. The number of carbonyl (C=O) groups is 1. The summed E-state index contributed by atoms with van der Waals surface area (Å²) in [5, 5.41) is 15.0. The summed E-state index contributed by atoms with van der Waals surface area (Å²) in [6, 6.07) is 7.35. The number of aliphatic hydroxyl groups excluding tert-OH is 1. The van der Waals surface area contributed by atoms with Crippen LogP contribution in [0, 0.1) is 5.41 Å². The van der Waals surface area contributed by atoms with Crippen molar-refractivity contribution in [2.45, 2.75) is 39.7 Å². The van der Waals surface area contributed by atoms with Gasteiger partial charge in [0.25, 0.3) is 0 Å². The first-order valence-electron chi connectivity index (χ1n) is 7.82. The van der Waals surface area contributed by atoms with Gasteiger partial charge in [-0.05, 0) is 42.4 Å². The van der Waals surface area contributed by atoms with Crippen LogP contribution in [0.5, 0.6) is 0 Å². The van der Waals surface area contributed by atoms with Crippen LogP contribution in [0.2, 0.25) is 0 Å². The van der Waals surface area contributed by atoms with Gasteiger partial charge in [-0.3, -0.25) is 0 Å². The lowest BCUT2D eigenvalue weighted by atomic mass is 9.79. The molecule has 3 N–H and O–H groups in total. The van der Waals surface area contributed by atoms with Gasteiger partial charge in [0, 0.05) is 25.9 Å². The third-order valence-electron chi connectivity index (χ3n) is 4.26. The Morgan fingerprint density at radius 2 is 2.05 bits per heavy atom. The zero-order valence-electron chi connectivity index (χ0n) is 13.8. The molecule has 0 aromatic heterocycles. The minimum atomic E-state index is -0.223. The molecule has 0 atom stereocenters. The van der Waals surface area contributed by atoms with Crippen molar-refractivity contribution < 1.29 is 14.6 Å². The van der Waals surface area contributed by atoms with Crippen molar-refractivity contribution in [2.24, 2.45) is 5.41 Å². The van der Waals surface area contributed by atoms with E-state index < -0.39 is 0 Å². The summed E-state index contributed by atoms with van der Waals surface area (Å²) in [6.45, 7) is 5.40. The lowest BCUT2D eigenvalue weighted by molar-refractivity contribution is 0.165. The minimum absolute atomic E-state index is 0.0377. The van der Waals surface area contributed by atoms with Crippen LogP contribution < -0.4 is 10.6 Å². The molecule has 1 aromatic carbocycles. The molecule has 0 radical (unpaired) electrons. The molecule has 0 unspecified atom stereocenters. The second-order valence-electron chi connectivity index (χ2n) is 5.62. The normalized spacial score (nSPS) is 11.3. The van der Waals surface area contributed by atoms with Crippen molar-refractivity contribution in [3.63, 3.8) is 0 Å². The molecule has 0 heterocycles. The molecule has 1 aromatic rings. The predicted octanol–water partition coefficient (Wildman–Crippen LogP) is 3.14. The van der Waals surface area contributed by atoms with Crippen LogP contribution in [-0.4, -0.2) is 31.4 Å². The van der Waals surface area contributed by atoms with E-state index in [9.17, 15) is 9.90 Å². The number of rotatable bonds is 9. The minimum Gasteiger partial charge on any atom is -0.396 e. The van der Waals surface area contributed by atoms with Gasteiger partial charge in [0.2, 0.25) is 0 Å². The number of ether oxygens (including phenoxy) is 1. The summed E-state index contributed by atoms with van der Waals surface area (Å²) in [7, 11) is 1.64. The number of carbonyl (C=O) groups excluding carboxylic acids is 1. The molecular formula is C17H28N2O3. The van der Waals surface area contributed by atoms with E-state index in [1.807, 2.05) is 24.3 Å². The van der Waals surface area contributed by atoms with Crippen molar-refractivity contribution in [2.75, 3.05) is 25.6 Å². The Morgan fingerprint density at radius 3 is 2.64 bits per heavy atom. The first kappa shape index (κ1) is 18.5. The smallest absolute Gasteiger partial charge is 0.319 e. The molecule has 5 nitrogen and oxygen atoms in total. The molecule has 0 spiro atoms. The molecule has 2 amide bonds. The van der Waals surface area contributed by atoms with Crippen molar-refractivity contribution in [1.29, 1.82) is 0 Å². The molecule has 0 saturated heterocycles. The van der Waals surface area contributed by atoms with Gasteiger partial charge in [0.15, 0.2) is 0 Å². The average Bonchev–Trinajstić information content (AvgIpc) is 2.52. The van der Waals surface area contributed by atoms with Crippen LogP contribution in [0.3, 0.4) is 0 Å². The average molecular weight is 308 g/mol. The number of amides is 2. The van der Waals surface area contributed by atoms with Gasteiger partial charge in [0.1, 0.15) is 0 Å². The van der Waals surface area contributed by atoms with Gasteiger partial charge in [0.05, 0.1) is 6.61 Å². The molecule has 1 rings (SSSR count). The number of methoxy groups -OCH3 is 1. The molecule has 5 heteroatoms. The summed E-state index contributed by atoms with van der Waals surface area (Å²) in [4.78, 5) is 12.0. The van der Waals surface area contributed by atoms with E-state index in [-0.39, 0.29) is 18.1 Å². The Kier molecular flexibility index (Phi) is 7.91. The molecule has 0 fully saturated rings. The lowest BCUT2D eigenvalue weighted by Crippen LogP contribution is -2.39. The zero-order valence-corrected chi connectivity index (χ0v) is 13.8. The van der Waals surface area contributed by atoms with Crippen LogP contribution in [-0.2, 0) is 11.3 Å². The highest BCUT2D eigenvalue weighted by Crippen LogP contribution is 2.29. The highest BCUT2D eigenvalue weighted by Gasteiger charge is 2.26. The van der Waals surface area contributed by atoms with E-state index in [2.05, 4.69) is 24.5 Å². The number of hydrogen-bond donors (Lipinski definition) is 3. The fourth-order valence-electron chi connectivity index (χ4n) is 2.53. The van der Waals surface area contributed by atoms with Gasteiger partial charge in [-0.1, -0.05) is 26.0 Å². The Bertz CT molecular complexity index is 459. The Hall–Kier alpha value is -1.59. The van der Waals surface area contributed by atoms with Crippen LogP contribution in [0.25, 0.3) is 0 Å². The fraction of sp³-hybridized carbons (Fsp3) is 0.588. The zero-order chi connectivity index (χ0) is 16.4. The highest BCUT2D eigenvalue weighted by atomic mass is 16.5. The van der Waals surface area contributed by atoms with E-state index >= 15 is 0 Å². The van der Waals surface area contributed by atoms with E-state index in [0.29, 0.717) is 19.6 Å². The topological polar surface area (TPSA) is 70.6 Å². The van der Waals surface area contributed by atoms with E-state index in [4.69, 9.17) is 4.74 Å². The van der Waals surface area contributed by atoms with Gasteiger partial charge < -0.3 is 20.5 Å². The van der Waals surface area contributed by atoms with Gasteiger partial charge >= 0.3 is 6.03 Å². The third kappa shape index (κ3) is 5.66. The summed E-state index contributed by atoms with van der Waals surface area (Å²) in [5.41, 5.74) is 1.72. The molecule has 0 aliphatic rings. The maximum atomic E-state index is 12.0. The third-order valence-corrected chi connectivity index (χ3v) is 4.26. The Balaban J connectivity index is 2.57. The second kappa shape index (κ2) is 9.43. The van der Waals surface area contributed by atoms with E-state index in [1.165, 1.54) is 0 Å². The lowest BCUT2D eigenvalue weighted by Gasteiger charge is -2.31. The van der Waals surface area contributed by atoms with Gasteiger partial charge in [-0.2, -0.15) is 0 Å². The van der Waals surface area contributed by atoms with Gasteiger partial charge in [-0.25, -0.2) is 4.79 Å². The predicted molar refractivity (Wildman–Crippen MR) is 88.9 cm³/mol. The van der Waals surface area contributed by atoms with E-state index in [1.54, 1.807) is 7.11 Å². The number of nitrogens with one attached hydrogen (secondary N) is 2. The molecule has 0 aliphatic heterocycles. The highest BCUT2D eigenvalue weighted by molar-refractivity contribution is 5.89. The van der Waals surface area contributed by atoms with Gasteiger partial charge in [-0.15, -0.1) is 0 Å². The maximum absolute atomic E-state index is 12.0. The van der Waals surface area contributed by atoms with Crippen LogP contribution in [0.15, 0.2) is 24.3 Å². The van der Waals surface area contributed by atoms with Crippen molar-refractivity contribution >= 4 is 11.7 Å². The molecular weight excluding hydrogens is 280 g/mol. The first-order chi connectivity index (χ1) is 10.6. The standard InChI is InChI=1S/C17H28N2O3/c1-4-17(5-2,9-10-20)13-18-16(21)19-15-8-6-7-14(11-15)12-22-3/h6-8,11,20H,4-5,9-10,12-13H2,1-3H3,(H2,18,19,21).